The molecule has 0 aromatic carbocycles. The molecule has 0 amide bonds. The fourth-order valence-electron chi connectivity index (χ4n) is 0.866. The van der Waals surface area contributed by atoms with Gasteiger partial charge in [0.2, 0.25) is 0 Å². The van der Waals surface area contributed by atoms with Gasteiger partial charge in [0.1, 0.15) is 0 Å². The molecule has 0 saturated carbocycles. The van der Waals surface area contributed by atoms with Crippen molar-refractivity contribution >= 4 is 11.9 Å². The lowest BCUT2D eigenvalue weighted by atomic mass is 10.2. The smallest absolute Gasteiger partial charge is 0.330 e. The van der Waals surface area contributed by atoms with E-state index in [4.69, 9.17) is 20.4 Å². The largest absolute Gasteiger partial charge is 0.478 e. The van der Waals surface area contributed by atoms with E-state index in [9.17, 15) is 9.59 Å². The first-order valence-corrected chi connectivity index (χ1v) is 5.88. The van der Waals surface area contributed by atoms with Crippen molar-refractivity contribution in [1.82, 2.24) is 0 Å². The van der Waals surface area contributed by atoms with E-state index in [1.165, 1.54) is 13.0 Å². The summed E-state index contributed by atoms with van der Waals surface area (Å²) in [4.78, 5) is 20.2. The molecule has 6 nitrogen and oxygen atoms in total. The molecule has 0 aliphatic heterocycles. The Hall–Kier alpha value is -1.66. The predicted octanol–water partition coefficient (Wildman–Crippen LogP) is 1.19. The molecule has 0 heterocycles. The first-order chi connectivity index (χ1) is 8.86. The Balaban J connectivity index is 0. The number of hydrogen-bond donors (Lipinski definition) is 4. The lowest BCUT2D eigenvalue weighted by Crippen LogP contribution is -1.95. The van der Waals surface area contributed by atoms with Crippen molar-refractivity contribution in [3.63, 3.8) is 0 Å². The SMILES string of the molecule is C/C(=C\CCCO)C(=O)O.C/C(=C\CCO)C(=O)O. The number of allylic oxidation sites excluding steroid dienone is 1. The Labute approximate surface area is 112 Å². The summed E-state index contributed by atoms with van der Waals surface area (Å²) in [7, 11) is 0. The molecule has 110 valence electrons. The van der Waals surface area contributed by atoms with Crippen molar-refractivity contribution in [2.24, 2.45) is 0 Å². The van der Waals surface area contributed by atoms with Crippen LogP contribution in [0.15, 0.2) is 23.3 Å². The second-order valence-corrected chi connectivity index (χ2v) is 3.76. The van der Waals surface area contributed by atoms with Gasteiger partial charge in [-0.15, -0.1) is 0 Å². The monoisotopic (exact) mass is 274 g/mol. The van der Waals surface area contributed by atoms with Crippen molar-refractivity contribution in [2.45, 2.75) is 33.1 Å². The van der Waals surface area contributed by atoms with E-state index >= 15 is 0 Å². The maximum Gasteiger partial charge on any atom is 0.330 e. The van der Waals surface area contributed by atoms with Gasteiger partial charge in [0, 0.05) is 24.4 Å². The molecule has 0 rings (SSSR count). The lowest BCUT2D eigenvalue weighted by molar-refractivity contribution is -0.133. The Morgan fingerprint density at radius 2 is 1.26 bits per heavy atom. The Kier molecular flexibility index (Phi) is 13.2. The first-order valence-electron chi connectivity index (χ1n) is 5.88. The summed E-state index contributed by atoms with van der Waals surface area (Å²) >= 11 is 0. The zero-order valence-electron chi connectivity index (χ0n) is 11.3. The molecule has 0 unspecified atom stereocenters. The summed E-state index contributed by atoms with van der Waals surface area (Å²) in [5, 5.41) is 33.2. The van der Waals surface area contributed by atoms with Crippen LogP contribution < -0.4 is 0 Å². The van der Waals surface area contributed by atoms with Crippen LogP contribution in [0.3, 0.4) is 0 Å². The molecule has 0 bridgehead atoms. The van der Waals surface area contributed by atoms with Gasteiger partial charge in [-0.1, -0.05) is 12.2 Å². The highest BCUT2D eigenvalue weighted by atomic mass is 16.4. The highest BCUT2D eigenvalue weighted by Gasteiger charge is 1.97. The van der Waals surface area contributed by atoms with Crippen LogP contribution in [-0.2, 0) is 9.59 Å². The van der Waals surface area contributed by atoms with Gasteiger partial charge in [-0.2, -0.15) is 0 Å². The number of aliphatic hydroxyl groups excluding tert-OH is 2. The minimum Gasteiger partial charge on any atom is -0.478 e. The third-order valence-electron chi connectivity index (χ3n) is 2.07. The third-order valence-corrected chi connectivity index (χ3v) is 2.07. The molecule has 4 N–H and O–H groups in total. The van der Waals surface area contributed by atoms with Crippen LogP contribution in [0.2, 0.25) is 0 Å². The third kappa shape index (κ3) is 14.3. The summed E-state index contributed by atoms with van der Waals surface area (Å²) in [5.74, 6) is -1.82. The number of unbranched alkanes of at least 4 members (excludes halogenated alkanes) is 1. The number of aliphatic carboxylic acids is 2. The summed E-state index contributed by atoms with van der Waals surface area (Å²) in [6, 6.07) is 0. The van der Waals surface area contributed by atoms with Crippen LogP contribution in [0.25, 0.3) is 0 Å². The maximum atomic E-state index is 10.2. The van der Waals surface area contributed by atoms with Gasteiger partial charge in [-0.25, -0.2) is 9.59 Å². The Morgan fingerprint density at radius 1 is 0.842 bits per heavy atom. The molecular weight excluding hydrogens is 252 g/mol. The molecule has 0 radical (unpaired) electrons. The second-order valence-electron chi connectivity index (χ2n) is 3.76. The topological polar surface area (TPSA) is 115 Å². The first kappa shape index (κ1) is 19.7. The van der Waals surface area contributed by atoms with Gasteiger partial charge in [-0.05, 0) is 33.1 Å². The molecule has 0 atom stereocenters. The van der Waals surface area contributed by atoms with E-state index < -0.39 is 11.9 Å². The Morgan fingerprint density at radius 3 is 1.58 bits per heavy atom. The van der Waals surface area contributed by atoms with E-state index in [-0.39, 0.29) is 18.8 Å². The van der Waals surface area contributed by atoms with E-state index in [0.717, 1.165) is 0 Å². The minimum atomic E-state index is -0.927. The van der Waals surface area contributed by atoms with Crippen molar-refractivity contribution < 1.29 is 30.0 Å². The maximum absolute atomic E-state index is 10.2. The molecular formula is C13H22O6. The van der Waals surface area contributed by atoms with Crippen molar-refractivity contribution in [3.05, 3.63) is 23.3 Å². The number of hydrogen-bond acceptors (Lipinski definition) is 4. The average Bonchev–Trinajstić information content (AvgIpc) is 2.36. The zero-order chi connectivity index (χ0) is 15.3. The molecule has 6 heteroatoms. The van der Waals surface area contributed by atoms with Gasteiger partial charge < -0.3 is 20.4 Å². The number of carbonyl (C=O) groups is 2. The van der Waals surface area contributed by atoms with Gasteiger partial charge in [-0.3, -0.25) is 0 Å². The average molecular weight is 274 g/mol. The number of rotatable bonds is 7. The molecule has 0 aliphatic carbocycles. The molecule has 0 saturated heterocycles. The van der Waals surface area contributed by atoms with E-state index in [1.807, 2.05) is 0 Å². The molecule has 0 aromatic rings. The van der Waals surface area contributed by atoms with Crippen molar-refractivity contribution in [1.29, 1.82) is 0 Å². The number of carboxylic acids is 2. The highest BCUT2D eigenvalue weighted by Crippen LogP contribution is 1.97. The fraction of sp³-hybridized carbons (Fsp3) is 0.538. The summed E-state index contributed by atoms with van der Waals surface area (Å²) in [6.45, 7) is 3.16. The van der Waals surface area contributed by atoms with Gasteiger partial charge >= 0.3 is 11.9 Å². The molecule has 0 spiro atoms. The second kappa shape index (κ2) is 12.8. The number of aliphatic hydroxyl groups is 2. The lowest BCUT2D eigenvalue weighted by Gasteiger charge is -1.91. The van der Waals surface area contributed by atoms with Crippen LogP contribution in [0.1, 0.15) is 33.1 Å². The summed E-state index contributed by atoms with van der Waals surface area (Å²) in [6.07, 6.45) is 4.78. The predicted molar refractivity (Wildman–Crippen MR) is 70.8 cm³/mol. The van der Waals surface area contributed by atoms with E-state index in [2.05, 4.69) is 0 Å². The minimum absolute atomic E-state index is 0.00458. The number of carboxylic acid groups (broad SMARTS) is 2. The fourth-order valence-corrected chi connectivity index (χ4v) is 0.866. The standard InChI is InChI=1S/C7H12O3.C6H10O3/c1-6(7(9)10)4-2-3-5-8;1-5(6(8)9)3-2-4-7/h4,8H,2-3,5H2,1H3,(H,9,10);3,7H,2,4H2,1H3,(H,8,9)/b6-4+;5-3+. The van der Waals surface area contributed by atoms with E-state index in [0.29, 0.717) is 24.8 Å². The van der Waals surface area contributed by atoms with Gasteiger partial charge in [0.15, 0.2) is 0 Å². The van der Waals surface area contributed by atoms with Gasteiger partial charge in [0.05, 0.1) is 0 Å². The molecule has 0 fully saturated rings. The van der Waals surface area contributed by atoms with E-state index in [1.54, 1.807) is 13.0 Å². The van der Waals surface area contributed by atoms with Crippen LogP contribution in [0, 0.1) is 0 Å². The van der Waals surface area contributed by atoms with Crippen molar-refractivity contribution in [3.8, 4) is 0 Å². The van der Waals surface area contributed by atoms with Crippen LogP contribution in [0.4, 0.5) is 0 Å². The highest BCUT2D eigenvalue weighted by molar-refractivity contribution is 5.86. The normalized spacial score (nSPS) is 11.6. The van der Waals surface area contributed by atoms with Gasteiger partial charge in [0.25, 0.3) is 0 Å². The zero-order valence-corrected chi connectivity index (χ0v) is 11.3. The quantitative estimate of drug-likeness (QED) is 0.409. The molecule has 0 aromatic heterocycles. The summed E-state index contributed by atoms with van der Waals surface area (Å²) < 4.78 is 0. The van der Waals surface area contributed by atoms with Crippen molar-refractivity contribution in [2.75, 3.05) is 13.2 Å². The van der Waals surface area contributed by atoms with Crippen LogP contribution in [-0.4, -0.2) is 45.6 Å². The van der Waals surface area contributed by atoms with Crippen LogP contribution in [0.5, 0.6) is 0 Å². The summed E-state index contributed by atoms with van der Waals surface area (Å²) in [5.41, 5.74) is 0.623. The molecule has 0 aliphatic rings. The Bertz CT molecular complexity index is 330. The van der Waals surface area contributed by atoms with Crippen LogP contribution >= 0.6 is 0 Å². The molecule has 19 heavy (non-hydrogen) atoms.